The number of anilines is 1. The monoisotopic (exact) mass is 334 g/mol. The first kappa shape index (κ1) is 17.9. The molecule has 0 bridgehead atoms. The minimum absolute atomic E-state index is 0.0449. The van der Waals surface area contributed by atoms with Gasteiger partial charge in [0, 0.05) is 16.4 Å². The van der Waals surface area contributed by atoms with E-state index in [1.54, 1.807) is 11.8 Å². The quantitative estimate of drug-likeness (QED) is 0.833. The smallest absolute Gasteiger partial charge is 0.230 e. The molecule has 0 aromatic heterocycles. The van der Waals surface area contributed by atoms with E-state index in [1.807, 2.05) is 31.2 Å². The fourth-order valence-corrected chi connectivity index (χ4v) is 2.74. The van der Waals surface area contributed by atoms with Crippen molar-refractivity contribution in [2.75, 3.05) is 11.1 Å². The van der Waals surface area contributed by atoms with Crippen LogP contribution >= 0.6 is 11.8 Å². The van der Waals surface area contributed by atoms with E-state index in [9.17, 15) is 9.59 Å². The second-order valence-corrected chi connectivity index (χ2v) is 8.88. The minimum atomic E-state index is -0.0451. The van der Waals surface area contributed by atoms with E-state index in [-0.39, 0.29) is 28.5 Å². The lowest BCUT2D eigenvalue weighted by Gasteiger charge is -2.19. The Morgan fingerprint density at radius 1 is 1.22 bits per heavy atom. The fraction of sp³-hybridized carbons (Fsp3) is 0.556. The summed E-state index contributed by atoms with van der Waals surface area (Å²) in [6.45, 7) is 8.27. The van der Waals surface area contributed by atoms with Crippen molar-refractivity contribution in [1.82, 2.24) is 5.32 Å². The maximum atomic E-state index is 12.0. The number of rotatable bonds is 6. The van der Waals surface area contributed by atoms with Crippen LogP contribution in [0, 0.1) is 5.92 Å². The van der Waals surface area contributed by atoms with Crippen LogP contribution in [0.1, 0.15) is 52.1 Å². The van der Waals surface area contributed by atoms with Crippen molar-refractivity contribution in [3.05, 3.63) is 29.8 Å². The van der Waals surface area contributed by atoms with Gasteiger partial charge in [0.25, 0.3) is 0 Å². The zero-order chi connectivity index (χ0) is 17.0. The highest BCUT2D eigenvalue weighted by atomic mass is 32.2. The molecule has 1 aliphatic rings. The van der Waals surface area contributed by atoms with Crippen LogP contribution in [0.2, 0.25) is 0 Å². The van der Waals surface area contributed by atoms with Crippen LogP contribution in [-0.4, -0.2) is 22.3 Å². The van der Waals surface area contributed by atoms with Crippen molar-refractivity contribution in [1.29, 1.82) is 0 Å². The van der Waals surface area contributed by atoms with Gasteiger partial charge in [-0.3, -0.25) is 9.59 Å². The summed E-state index contributed by atoms with van der Waals surface area (Å²) < 4.78 is 0.0853. The summed E-state index contributed by atoms with van der Waals surface area (Å²) in [7, 11) is 0. The molecule has 0 saturated heterocycles. The highest BCUT2D eigenvalue weighted by Gasteiger charge is 2.29. The maximum Gasteiger partial charge on any atom is 0.230 e. The standard InChI is InChI=1S/C18H26N2O2S/c1-12(19-16(21)11-23-18(2,3)4)13-7-9-15(10-8-13)20-17(22)14-5-6-14/h7-10,12,14H,5-6,11H2,1-4H3,(H,19,21)(H,20,22). The Morgan fingerprint density at radius 2 is 1.83 bits per heavy atom. The maximum absolute atomic E-state index is 12.0. The van der Waals surface area contributed by atoms with Gasteiger partial charge < -0.3 is 10.6 Å². The van der Waals surface area contributed by atoms with Gasteiger partial charge in [-0.25, -0.2) is 0 Å². The summed E-state index contributed by atoms with van der Waals surface area (Å²) in [6.07, 6.45) is 2.00. The molecule has 1 aromatic carbocycles. The molecule has 2 rings (SSSR count). The van der Waals surface area contributed by atoms with Gasteiger partial charge in [0.2, 0.25) is 11.8 Å². The lowest BCUT2D eigenvalue weighted by molar-refractivity contribution is -0.119. The molecule has 0 spiro atoms. The van der Waals surface area contributed by atoms with Crippen molar-refractivity contribution in [3.63, 3.8) is 0 Å². The van der Waals surface area contributed by atoms with Crippen molar-refractivity contribution in [2.45, 2.75) is 51.3 Å². The van der Waals surface area contributed by atoms with Crippen LogP contribution in [0.4, 0.5) is 5.69 Å². The topological polar surface area (TPSA) is 58.2 Å². The van der Waals surface area contributed by atoms with Crippen molar-refractivity contribution in [2.24, 2.45) is 5.92 Å². The van der Waals surface area contributed by atoms with E-state index in [0.717, 1.165) is 24.1 Å². The molecule has 126 valence electrons. The van der Waals surface area contributed by atoms with Gasteiger partial charge in [-0.05, 0) is 37.5 Å². The van der Waals surface area contributed by atoms with E-state index in [2.05, 4.69) is 31.4 Å². The van der Waals surface area contributed by atoms with Gasteiger partial charge in [0.05, 0.1) is 11.8 Å². The van der Waals surface area contributed by atoms with E-state index < -0.39 is 0 Å². The summed E-state index contributed by atoms with van der Waals surface area (Å²) >= 11 is 1.64. The number of nitrogens with one attached hydrogen (secondary N) is 2. The van der Waals surface area contributed by atoms with Crippen LogP contribution in [0.15, 0.2) is 24.3 Å². The average Bonchev–Trinajstić information content (AvgIpc) is 3.29. The first-order chi connectivity index (χ1) is 10.7. The highest BCUT2D eigenvalue weighted by molar-refractivity contribution is 8.01. The molecule has 1 saturated carbocycles. The van der Waals surface area contributed by atoms with E-state index >= 15 is 0 Å². The number of thioether (sulfide) groups is 1. The summed E-state index contributed by atoms with van der Waals surface area (Å²) in [6, 6.07) is 7.63. The molecule has 0 radical (unpaired) electrons. The summed E-state index contributed by atoms with van der Waals surface area (Å²) in [5, 5.41) is 5.93. The predicted molar refractivity (Wildman–Crippen MR) is 96.6 cm³/mol. The fourth-order valence-electron chi connectivity index (χ4n) is 2.09. The Morgan fingerprint density at radius 3 is 2.35 bits per heavy atom. The molecular weight excluding hydrogens is 308 g/mol. The first-order valence-electron chi connectivity index (χ1n) is 8.09. The zero-order valence-corrected chi connectivity index (χ0v) is 15.1. The lowest BCUT2D eigenvalue weighted by Crippen LogP contribution is -2.29. The van der Waals surface area contributed by atoms with E-state index in [1.165, 1.54) is 0 Å². The van der Waals surface area contributed by atoms with Gasteiger partial charge in [0.15, 0.2) is 0 Å². The van der Waals surface area contributed by atoms with Crippen LogP contribution in [0.3, 0.4) is 0 Å². The molecule has 1 aliphatic carbocycles. The molecule has 1 aromatic rings. The molecule has 1 fully saturated rings. The van der Waals surface area contributed by atoms with Crippen LogP contribution < -0.4 is 10.6 Å². The third-order valence-corrected chi connectivity index (χ3v) is 4.91. The number of carbonyl (C=O) groups is 2. The number of benzene rings is 1. The Bertz CT molecular complexity index is 559. The Hall–Kier alpha value is -1.49. The van der Waals surface area contributed by atoms with E-state index in [0.29, 0.717) is 5.75 Å². The Balaban J connectivity index is 1.83. The Labute approximate surface area is 142 Å². The zero-order valence-electron chi connectivity index (χ0n) is 14.3. The minimum Gasteiger partial charge on any atom is -0.349 e. The second-order valence-electron chi connectivity index (χ2n) is 7.08. The molecule has 1 atom stereocenters. The average molecular weight is 334 g/mol. The van der Waals surface area contributed by atoms with Gasteiger partial charge in [-0.2, -0.15) is 0 Å². The van der Waals surface area contributed by atoms with E-state index in [4.69, 9.17) is 0 Å². The molecule has 0 aliphatic heterocycles. The lowest BCUT2D eigenvalue weighted by atomic mass is 10.1. The Kier molecular flexibility index (Phi) is 5.74. The molecule has 4 nitrogen and oxygen atoms in total. The van der Waals surface area contributed by atoms with Crippen molar-refractivity contribution < 1.29 is 9.59 Å². The van der Waals surface area contributed by atoms with Crippen molar-refractivity contribution >= 4 is 29.3 Å². The molecule has 5 heteroatoms. The molecule has 2 amide bonds. The summed E-state index contributed by atoms with van der Waals surface area (Å²) in [5.41, 5.74) is 1.84. The first-order valence-corrected chi connectivity index (χ1v) is 9.07. The number of hydrogen-bond acceptors (Lipinski definition) is 3. The van der Waals surface area contributed by atoms with Gasteiger partial charge >= 0.3 is 0 Å². The normalized spacial score (nSPS) is 15.8. The van der Waals surface area contributed by atoms with Gasteiger partial charge in [0.1, 0.15) is 0 Å². The molecule has 2 N–H and O–H groups in total. The van der Waals surface area contributed by atoms with Crippen molar-refractivity contribution in [3.8, 4) is 0 Å². The largest absolute Gasteiger partial charge is 0.349 e. The summed E-state index contributed by atoms with van der Waals surface area (Å²) in [4.78, 5) is 23.7. The van der Waals surface area contributed by atoms with Crippen LogP contribution in [-0.2, 0) is 9.59 Å². The predicted octanol–water partition coefficient (Wildman–Crippen LogP) is 3.74. The van der Waals surface area contributed by atoms with Gasteiger partial charge in [-0.15, -0.1) is 11.8 Å². The number of amides is 2. The third kappa shape index (κ3) is 6.26. The molecule has 1 unspecified atom stereocenters. The third-order valence-electron chi connectivity index (χ3n) is 3.64. The summed E-state index contributed by atoms with van der Waals surface area (Å²) in [5.74, 6) is 0.818. The molecule has 0 heterocycles. The number of hydrogen-bond donors (Lipinski definition) is 2. The second kappa shape index (κ2) is 7.39. The SMILES string of the molecule is CC(NC(=O)CSC(C)(C)C)c1ccc(NC(=O)C2CC2)cc1. The van der Waals surface area contributed by atoms with Gasteiger partial charge in [-0.1, -0.05) is 32.9 Å². The highest BCUT2D eigenvalue weighted by Crippen LogP contribution is 2.30. The molecular formula is C18H26N2O2S. The van der Waals surface area contributed by atoms with Crippen LogP contribution in [0.25, 0.3) is 0 Å². The molecule has 23 heavy (non-hydrogen) atoms. The number of carbonyl (C=O) groups excluding carboxylic acids is 2. The van der Waals surface area contributed by atoms with Crippen LogP contribution in [0.5, 0.6) is 0 Å².